The average molecular weight is 362 g/mol. The normalized spacial score (nSPS) is 14.5. The van der Waals surface area contributed by atoms with Gasteiger partial charge in [0.2, 0.25) is 0 Å². The summed E-state index contributed by atoms with van der Waals surface area (Å²) in [5.74, 6) is 0.782. The van der Waals surface area contributed by atoms with Crippen LogP contribution in [0, 0.1) is 19.6 Å². The van der Waals surface area contributed by atoms with E-state index < -0.39 is 0 Å². The Hall–Kier alpha value is -0.890. The number of nitro benzene ring substituents is 1. The van der Waals surface area contributed by atoms with Gasteiger partial charge in [-0.2, -0.15) is 0 Å². The summed E-state index contributed by atoms with van der Waals surface area (Å²) in [4.78, 5) is 10.2. The van der Waals surface area contributed by atoms with E-state index in [0.717, 1.165) is 28.3 Å². The van der Waals surface area contributed by atoms with Crippen LogP contribution >= 0.6 is 22.6 Å². The zero-order valence-corrected chi connectivity index (χ0v) is 12.1. The Kier molecular flexibility index (Phi) is 4.76. The predicted molar refractivity (Wildman–Crippen MR) is 77.8 cm³/mol. The summed E-state index contributed by atoms with van der Waals surface area (Å²) >= 11 is 2.09. The number of hydrogen-bond acceptors (Lipinski definition) is 4. The van der Waals surface area contributed by atoms with Crippen LogP contribution in [0.3, 0.4) is 0 Å². The van der Waals surface area contributed by atoms with Crippen molar-refractivity contribution in [1.29, 1.82) is 0 Å². The van der Waals surface area contributed by atoms with Crippen molar-refractivity contribution in [2.75, 3.05) is 25.1 Å². The first-order valence-corrected chi connectivity index (χ1v) is 7.00. The zero-order chi connectivity index (χ0) is 13.0. The predicted octanol–water partition coefficient (Wildman–Crippen LogP) is 3.04. The van der Waals surface area contributed by atoms with Crippen LogP contribution in [-0.2, 0) is 4.74 Å². The Morgan fingerprint density at radius 1 is 1.50 bits per heavy atom. The average Bonchev–Trinajstić information content (AvgIpc) is 3.14. The highest BCUT2D eigenvalue weighted by Gasteiger charge is 2.20. The summed E-state index contributed by atoms with van der Waals surface area (Å²) in [7, 11) is 0. The van der Waals surface area contributed by atoms with Gasteiger partial charge in [0.25, 0.3) is 5.69 Å². The molecule has 1 N–H and O–H groups in total. The van der Waals surface area contributed by atoms with Crippen LogP contribution in [0.15, 0.2) is 18.2 Å². The number of hydrogen-bond donors (Lipinski definition) is 1. The Morgan fingerprint density at radius 2 is 2.28 bits per heavy atom. The van der Waals surface area contributed by atoms with E-state index in [4.69, 9.17) is 4.74 Å². The van der Waals surface area contributed by atoms with Crippen LogP contribution in [0.5, 0.6) is 0 Å². The lowest BCUT2D eigenvalue weighted by atomic mass is 10.3. The summed E-state index contributed by atoms with van der Waals surface area (Å²) in [6.45, 7) is 2.25. The second kappa shape index (κ2) is 6.33. The molecule has 0 atom stereocenters. The van der Waals surface area contributed by atoms with Gasteiger partial charge in [-0.3, -0.25) is 10.1 Å². The number of anilines is 1. The van der Waals surface area contributed by atoms with Gasteiger partial charge in [0, 0.05) is 34.5 Å². The molecule has 0 heterocycles. The lowest BCUT2D eigenvalue weighted by molar-refractivity contribution is -0.384. The molecule has 1 aliphatic carbocycles. The van der Waals surface area contributed by atoms with Crippen molar-refractivity contribution < 1.29 is 9.66 Å². The van der Waals surface area contributed by atoms with Crippen LogP contribution in [0.2, 0.25) is 0 Å². The van der Waals surface area contributed by atoms with E-state index in [1.807, 2.05) is 0 Å². The molecule has 1 saturated carbocycles. The first-order valence-electron chi connectivity index (χ1n) is 5.92. The number of nitro groups is 1. The first-order chi connectivity index (χ1) is 8.66. The lowest BCUT2D eigenvalue weighted by Crippen LogP contribution is -2.11. The van der Waals surface area contributed by atoms with Gasteiger partial charge in [-0.15, -0.1) is 0 Å². The second-order valence-corrected chi connectivity index (χ2v) is 5.53. The minimum absolute atomic E-state index is 0.120. The fourth-order valence-electron chi connectivity index (χ4n) is 1.55. The largest absolute Gasteiger partial charge is 0.382 e. The fraction of sp³-hybridized carbons (Fsp3) is 0.500. The van der Waals surface area contributed by atoms with Crippen LogP contribution < -0.4 is 5.32 Å². The van der Waals surface area contributed by atoms with Crippen molar-refractivity contribution in [3.05, 3.63) is 31.9 Å². The maximum Gasteiger partial charge on any atom is 0.270 e. The molecule has 1 aromatic rings. The molecular formula is C12H15IN2O3. The molecule has 1 aliphatic rings. The molecule has 0 bridgehead atoms. The zero-order valence-electron chi connectivity index (χ0n) is 9.89. The molecule has 2 rings (SSSR count). The number of ether oxygens (including phenoxy) is 1. The van der Waals surface area contributed by atoms with E-state index in [1.165, 1.54) is 18.9 Å². The Balaban J connectivity index is 1.75. The van der Waals surface area contributed by atoms with Gasteiger partial charge >= 0.3 is 0 Å². The van der Waals surface area contributed by atoms with Crippen LogP contribution in [0.4, 0.5) is 11.4 Å². The van der Waals surface area contributed by atoms with E-state index in [1.54, 1.807) is 12.1 Å². The Bertz CT molecular complexity index is 435. The van der Waals surface area contributed by atoms with Crippen molar-refractivity contribution in [3.63, 3.8) is 0 Å². The maximum absolute atomic E-state index is 10.6. The topological polar surface area (TPSA) is 64.4 Å². The third-order valence-corrected chi connectivity index (χ3v) is 3.67. The standard InChI is InChI=1S/C12H15IN2O3/c13-11-7-10(15(16)17)3-4-12(11)14-5-6-18-8-9-1-2-9/h3-4,7,9,14H,1-2,5-6,8H2. The molecule has 0 amide bonds. The number of benzene rings is 1. The van der Waals surface area contributed by atoms with Crippen LogP contribution in [0.1, 0.15) is 12.8 Å². The highest BCUT2D eigenvalue weighted by atomic mass is 127. The first kappa shape index (κ1) is 13.5. The van der Waals surface area contributed by atoms with Crippen LogP contribution in [0.25, 0.3) is 0 Å². The van der Waals surface area contributed by atoms with Gasteiger partial charge in [0.1, 0.15) is 0 Å². The molecule has 1 aromatic carbocycles. The van der Waals surface area contributed by atoms with Gasteiger partial charge in [-0.1, -0.05) is 0 Å². The smallest absolute Gasteiger partial charge is 0.270 e. The summed E-state index contributed by atoms with van der Waals surface area (Å²) in [6.07, 6.45) is 2.60. The highest BCUT2D eigenvalue weighted by Crippen LogP contribution is 2.28. The van der Waals surface area contributed by atoms with Gasteiger partial charge in [0.05, 0.1) is 11.5 Å². The molecule has 6 heteroatoms. The Labute approximate surface area is 119 Å². The van der Waals surface area contributed by atoms with Crippen molar-refractivity contribution in [1.82, 2.24) is 0 Å². The number of non-ortho nitro benzene ring substituents is 1. The summed E-state index contributed by atoms with van der Waals surface area (Å²) in [5.41, 5.74) is 1.03. The summed E-state index contributed by atoms with van der Waals surface area (Å²) in [5, 5.41) is 13.8. The quantitative estimate of drug-likeness (QED) is 0.351. The molecule has 5 nitrogen and oxygen atoms in total. The fourth-order valence-corrected chi connectivity index (χ4v) is 2.24. The molecule has 98 valence electrons. The molecule has 0 saturated heterocycles. The molecule has 0 spiro atoms. The molecule has 0 aliphatic heterocycles. The van der Waals surface area contributed by atoms with E-state index in [2.05, 4.69) is 27.9 Å². The van der Waals surface area contributed by atoms with Crippen LogP contribution in [-0.4, -0.2) is 24.7 Å². The Morgan fingerprint density at radius 3 is 2.89 bits per heavy atom. The van der Waals surface area contributed by atoms with E-state index in [9.17, 15) is 10.1 Å². The minimum atomic E-state index is -0.384. The number of nitrogens with zero attached hydrogens (tertiary/aromatic N) is 1. The molecule has 18 heavy (non-hydrogen) atoms. The molecule has 0 unspecified atom stereocenters. The minimum Gasteiger partial charge on any atom is -0.382 e. The van der Waals surface area contributed by atoms with Crippen molar-refractivity contribution in [2.24, 2.45) is 5.92 Å². The van der Waals surface area contributed by atoms with E-state index >= 15 is 0 Å². The number of rotatable bonds is 7. The molecule has 1 fully saturated rings. The van der Waals surface area contributed by atoms with Crippen molar-refractivity contribution >= 4 is 34.0 Å². The number of halogens is 1. The van der Waals surface area contributed by atoms with Gasteiger partial charge < -0.3 is 10.1 Å². The molecule has 0 aromatic heterocycles. The molecular weight excluding hydrogens is 347 g/mol. The molecule has 0 radical (unpaired) electrons. The number of nitrogens with one attached hydrogen (secondary N) is 1. The van der Waals surface area contributed by atoms with Gasteiger partial charge in [0.15, 0.2) is 0 Å². The SMILES string of the molecule is O=[N+]([O-])c1ccc(NCCOCC2CC2)c(I)c1. The highest BCUT2D eigenvalue weighted by molar-refractivity contribution is 14.1. The van der Waals surface area contributed by atoms with Crippen molar-refractivity contribution in [2.45, 2.75) is 12.8 Å². The summed E-state index contributed by atoms with van der Waals surface area (Å²) < 4.78 is 6.36. The monoisotopic (exact) mass is 362 g/mol. The third-order valence-electron chi connectivity index (χ3n) is 2.78. The van der Waals surface area contributed by atoms with Gasteiger partial charge in [-0.05, 0) is 47.4 Å². The van der Waals surface area contributed by atoms with Crippen molar-refractivity contribution in [3.8, 4) is 0 Å². The maximum atomic E-state index is 10.6. The summed E-state index contributed by atoms with van der Waals surface area (Å²) in [6, 6.07) is 4.81. The van der Waals surface area contributed by atoms with E-state index in [-0.39, 0.29) is 10.6 Å². The lowest BCUT2D eigenvalue weighted by Gasteiger charge is -2.08. The van der Waals surface area contributed by atoms with E-state index in [0.29, 0.717) is 6.61 Å². The second-order valence-electron chi connectivity index (χ2n) is 4.37. The van der Waals surface area contributed by atoms with Gasteiger partial charge in [-0.25, -0.2) is 0 Å². The third kappa shape index (κ3) is 4.09.